The highest BCUT2D eigenvalue weighted by molar-refractivity contribution is 5.94. The molecule has 0 saturated carbocycles. The number of aliphatic carboxylic acids is 3. The van der Waals surface area contributed by atoms with Crippen LogP contribution in [0.15, 0.2) is 48.5 Å². The Kier molecular flexibility index (Phi) is 11.5. The molecule has 3 aromatic rings. The summed E-state index contributed by atoms with van der Waals surface area (Å²) in [6, 6.07) is 12.8. The van der Waals surface area contributed by atoms with E-state index < -0.39 is 23.9 Å². The average molecular weight is 625 g/mol. The number of methoxy groups -OCH3 is 1. The number of carbonyl (C=O) groups excluding carboxylic acids is 1. The number of hydrogen-bond donors (Lipinski definition) is 4. The topological polar surface area (TPSA) is 204 Å². The Balaban J connectivity index is 1.35. The Morgan fingerprint density at radius 1 is 0.844 bits per heavy atom. The van der Waals surface area contributed by atoms with Crippen LogP contribution in [0.1, 0.15) is 16.8 Å². The molecule has 16 heteroatoms. The van der Waals surface area contributed by atoms with Crippen LogP contribution < -0.4 is 10.1 Å². The predicted octanol–water partition coefficient (Wildman–Crippen LogP) is -0.000200. The van der Waals surface area contributed by atoms with Crippen molar-refractivity contribution in [3.63, 3.8) is 0 Å². The first-order chi connectivity index (χ1) is 21.6. The van der Waals surface area contributed by atoms with Gasteiger partial charge in [-0.1, -0.05) is 12.1 Å². The minimum absolute atomic E-state index is 0.0729. The van der Waals surface area contributed by atoms with Crippen molar-refractivity contribution >= 4 is 23.8 Å². The first-order valence-electron chi connectivity index (χ1n) is 14.3. The maximum absolute atomic E-state index is 12.8. The summed E-state index contributed by atoms with van der Waals surface area (Å²) >= 11 is 0. The fourth-order valence-electron chi connectivity index (χ4n) is 4.98. The second-order valence-electron chi connectivity index (χ2n) is 10.5. The van der Waals surface area contributed by atoms with Gasteiger partial charge in [-0.2, -0.15) is 0 Å². The number of tetrazole rings is 1. The number of aromatic nitrogens is 4. The predicted molar refractivity (Wildman–Crippen MR) is 159 cm³/mol. The SMILES string of the molecule is COc1ccc(-n2nnc(-c3ccc(C(=O)NCCC(C(=O)O)N4CCN(CC(=O)O)CCN(CC(=O)O)CC4)cc3)n2)cc1. The van der Waals surface area contributed by atoms with Crippen LogP contribution in [0.2, 0.25) is 0 Å². The zero-order chi connectivity index (χ0) is 32.3. The van der Waals surface area contributed by atoms with Crippen molar-refractivity contribution in [3.05, 3.63) is 54.1 Å². The van der Waals surface area contributed by atoms with Crippen LogP contribution in [-0.2, 0) is 14.4 Å². The van der Waals surface area contributed by atoms with Gasteiger partial charge in [0.15, 0.2) is 0 Å². The largest absolute Gasteiger partial charge is 0.497 e. The van der Waals surface area contributed by atoms with Gasteiger partial charge in [0.25, 0.3) is 5.91 Å². The fraction of sp³-hybridized carbons (Fsp3) is 0.414. The molecule has 1 aliphatic heterocycles. The monoisotopic (exact) mass is 624 g/mol. The molecule has 0 spiro atoms. The maximum atomic E-state index is 12.8. The van der Waals surface area contributed by atoms with Gasteiger partial charge in [0.1, 0.15) is 11.8 Å². The van der Waals surface area contributed by atoms with E-state index in [1.807, 2.05) is 0 Å². The van der Waals surface area contributed by atoms with Crippen molar-refractivity contribution in [1.29, 1.82) is 0 Å². The Bertz CT molecular complexity index is 1440. The first kappa shape index (κ1) is 33.0. The van der Waals surface area contributed by atoms with Gasteiger partial charge in [-0.15, -0.1) is 15.0 Å². The van der Waals surface area contributed by atoms with Gasteiger partial charge in [-0.3, -0.25) is 33.9 Å². The lowest BCUT2D eigenvalue weighted by Gasteiger charge is -2.30. The Labute approximate surface area is 258 Å². The zero-order valence-corrected chi connectivity index (χ0v) is 24.8. The Morgan fingerprint density at radius 3 is 1.96 bits per heavy atom. The van der Waals surface area contributed by atoms with E-state index in [9.17, 15) is 34.5 Å². The number of nitrogens with one attached hydrogen (secondary N) is 1. The minimum atomic E-state index is -1.09. The number of carboxylic acids is 3. The number of benzene rings is 2. The number of rotatable bonds is 13. The van der Waals surface area contributed by atoms with E-state index in [0.717, 1.165) is 0 Å². The molecule has 1 amide bonds. The number of hydrogen-bond acceptors (Lipinski definition) is 11. The molecule has 1 fully saturated rings. The number of ether oxygens (including phenoxy) is 1. The first-order valence-corrected chi connectivity index (χ1v) is 14.3. The summed E-state index contributed by atoms with van der Waals surface area (Å²) in [4.78, 5) is 54.1. The molecule has 1 unspecified atom stereocenters. The van der Waals surface area contributed by atoms with Crippen LogP contribution in [-0.4, -0.2) is 146 Å². The zero-order valence-electron chi connectivity index (χ0n) is 24.8. The molecule has 0 aliphatic carbocycles. The van der Waals surface area contributed by atoms with Gasteiger partial charge < -0.3 is 25.4 Å². The summed E-state index contributed by atoms with van der Waals surface area (Å²) in [5, 5.41) is 43.9. The van der Waals surface area contributed by atoms with Crippen LogP contribution in [0.25, 0.3) is 17.1 Å². The van der Waals surface area contributed by atoms with Gasteiger partial charge in [-0.05, 0) is 48.0 Å². The highest BCUT2D eigenvalue weighted by Crippen LogP contribution is 2.18. The molecule has 16 nitrogen and oxygen atoms in total. The third kappa shape index (κ3) is 9.53. The van der Waals surface area contributed by atoms with E-state index >= 15 is 0 Å². The van der Waals surface area contributed by atoms with E-state index in [2.05, 4.69) is 20.7 Å². The lowest BCUT2D eigenvalue weighted by atomic mass is 10.1. The summed E-state index contributed by atoms with van der Waals surface area (Å²) in [6.45, 7) is 1.45. The standard InChI is InChI=1S/C29H36N8O8/c1-45-23-8-6-22(7-9-23)37-32-27(31-33-37)20-2-4-21(5-3-20)28(42)30-11-10-24(29(43)44)36-16-14-34(18-25(38)39)12-13-35(15-17-36)19-26(40)41/h2-9,24H,10-19H2,1H3,(H,30,42)(H,38,39)(H,40,41)(H,43,44). The van der Waals surface area contributed by atoms with E-state index in [1.165, 1.54) is 4.80 Å². The molecule has 0 radical (unpaired) electrons. The normalized spacial score (nSPS) is 15.8. The fourth-order valence-corrected chi connectivity index (χ4v) is 4.98. The van der Waals surface area contributed by atoms with Crippen molar-refractivity contribution < 1.29 is 39.2 Å². The molecule has 4 rings (SSSR count). The van der Waals surface area contributed by atoms with Crippen molar-refractivity contribution in [2.45, 2.75) is 12.5 Å². The highest BCUT2D eigenvalue weighted by Gasteiger charge is 2.28. The number of nitrogens with zero attached hydrogens (tertiary/aromatic N) is 7. The van der Waals surface area contributed by atoms with Crippen LogP contribution in [0, 0.1) is 0 Å². The molecular formula is C29H36N8O8. The summed E-state index contributed by atoms with van der Waals surface area (Å²) in [5.74, 6) is -2.44. The molecule has 1 aliphatic rings. The Morgan fingerprint density at radius 2 is 1.42 bits per heavy atom. The highest BCUT2D eigenvalue weighted by atomic mass is 16.5. The molecule has 1 atom stereocenters. The van der Waals surface area contributed by atoms with Crippen molar-refractivity contribution in [2.75, 3.05) is 66.0 Å². The van der Waals surface area contributed by atoms with Gasteiger partial charge in [0.2, 0.25) is 5.82 Å². The van der Waals surface area contributed by atoms with Crippen molar-refractivity contribution in [2.24, 2.45) is 0 Å². The van der Waals surface area contributed by atoms with Crippen molar-refractivity contribution in [3.8, 4) is 22.8 Å². The third-order valence-electron chi connectivity index (χ3n) is 7.41. The van der Waals surface area contributed by atoms with Crippen molar-refractivity contribution in [1.82, 2.24) is 40.2 Å². The van der Waals surface area contributed by atoms with E-state index in [4.69, 9.17) is 4.74 Å². The number of amides is 1. The average Bonchev–Trinajstić information content (AvgIpc) is 3.54. The van der Waals surface area contributed by atoms with Crippen LogP contribution in [0.4, 0.5) is 0 Å². The molecular weight excluding hydrogens is 588 g/mol. The summed E-state index contributed by atoms with van der Waals surface area (Å²) in [7, 11) is 1.58. The quantitative estimate of drug-likeness (QED) is 0.198. The molecule has 2 heterocycles. The number of carboxylic acid groups (broad SMARTS) is 3. The maximum Gasteiger partial charge on any atom is 0.320 e. The van der Waals surface area contributed by atoms with Crippen LogP contribution >= 0.6 is 0 Å². The molecule has 1 saturated heterocycles. The Hall–Kier alpha value is -4.93. The minimum Gasteiger partial charge on any atom is -0.497 e. The lowest BCUT2D eigenvalue weighted by Crippen LogP contribution is -2.48. The third-order valence-corrected chi connectivity index (χ3v) is 7.41. The molecule has 2 aromatic carbocycles. The van der Waals surface area contributed by atoms with E-state index in [0.29, 0.717) is 54.6 Å². The number of carbonyl (C=O) groups is 4. The lowest BCUT2D eigenvalue weighted by molar-refractivity contribution is -0.144. The summed E-state index contributed by atoms with van der Waals surface area (Å²) < 4.78 is 5.16. The molecule has 4 N–H and O–H groups in total. The molecule has 240 valence electrons. The van der Waals surface area contributed by atoms with Gasteiger partial charge >= 0.3 is 17.9 Å². The van der Waals surface area contributed by atoms with Crippen LogP contribution in [0.3, 0.4) is 0 Å². The second kappa shape index (κ2) is 15.7. The molecule has 0 bridgehead atoms. The molecule has 1 aromatic heterocycles. The summed E-state index contributed by atoms with van der Waals surface area (Å²) in [5.41, 5.74) is 1.72. The summed E-state index contributed by atoms with van der Waals surface area (Å²) in [6.07, 6.45) is 0.0927. The van der Waals surface area contributed by atoms with Gasteiger partial charge in [-0.25, -0.2) is 0 Å². The smallest absolute Gasteiger partial charge is 0.320 e. The van der Waals surface area contributed by atoms with Gasteiger partial charge in [0.05, 0.1) is 25.9 Å². The molecule has 45 heavy (non-hydrogen) atoms. The second-order valence-corrected chi connectivity index (χ2v) is 10.5. The van der Waals surface area contributed by atoms with E-state index in [-0.39, 0.29) is 45.1 Å². The van der Waals surface area contributed by atoms with Gasteiger partial charge in [0, 0.05) is 56.9 Å². The van der Waals surface area contributed by atoms with Crippen LogP contribution in [0.5, 0.6) is 5.75 Å². The van der Waals surface area contributed by atoms with E-state index in [1.54, 1.807) is 70.3 Å².